The maximum absolute atomic E-state index is 10.4. The molecule has 0 fully saturated rings. The van der Waals surface area contributed by atoms with Crippen molar-refractivity contribution in [2.45, 2.75) is 33.3 Å². The molecule has 4 nitrogen and oxygen atoms in total. The third kappa shape index (κ3) is 5.61. The van der Waals surface area contributed by atoms with Crippen molar-refractivity contribution in [2.24, 2.45) is 10.9 Å². The summed E-state index contributed by atoms with van der Waals surface area (Å²) in [6.45, 7) is 10.2. The first kappa shape index (κ1) is 16.0. The Morgan fingerprint density at radius 1 is 1.47 bits per heavy atom. The topological polar surface area (TPSA) is 56.7 Å². The van der Waals surface area contributed by atoms with E-state index in [2.05, 4.69) is 29.5 Å². The van der Waals surface area contributed by atoms with Gasteiger partial charge in [0.1, 0.15) is 5.60 Å². The number of hydrogen-bond acceptors (Lipinski definition) is 3. The summed E-state index contributed by atoms with van der Waals surface area (Å²) in [4.78, 5) is 5.40. The number of aliphatic hydroxyl groups is 1. The molecular formula is C14H25N3OS. The molecule has 0 saturated carbocycles. The average molecular weight is 283 g/mol. The predicted octanol–water partition coefficient (Wildman–Crippen LogP) is 2.17. The van der Waals surface area contributed by atoms with Gasteiger partial charge in [-0.05, 0) is 31.2 Å². The fraction of sp³-hybridized carbons (Fsp3) is 0.643. The number of rotatable bonds is 6. The summed E-state index contributed by atoms with van der Waals surface area (Å²) >= 11 is 1.55. The van der Waals surface area contributed by atoms with Crippen LogP contribution in [0.4, 0.5) is 0 Å². The van der Waals surface area contributed by atoms with Gasteiger partial charge in [0.15, 0.2) is 5.96 Å². The van der Waals surface area contributed by atoms with E-state index in [1.807, 2.05) is 24.4 Å². The summed E-state index contributed by atoms with van der Waals surface area (Å²) in [5.41, 5.74) is -0.908. The van der Waals surface area contributed by atoms with Gasteiger partial charge in [-0.3, -0.25) is 0 Å². The van der Waals surface area contributed by atoms with Crippen LogP contribution in [0.15, 0.2) is 22.5 Å². The molecule has 0 aromatic carbocycles. The number of hydrogen-bond donors (Lipinski definition) is 3. The molecule has 0 aliphatic rings. The average Bonchev–Trinajstić information content (AvgIpc) is 2.87. The second-order valence-corrected chi connectivity index (χ2v) is 6.17. The molecule has 5 heteroatoms. The minimum atomic E-state index is -0.908. The molecule has 1 unspecified atom stereocenters. The Kier molecular flexibility index (Phi) is 6.31. The largest absolute Gasteiger partial charge is 0.383 e. The minimum absolute atomic E-state index is 0.348. The zero-order valence-electron chi connectivity index (χ0n) is 12.2. The molecule has 1 aromatic heterocycles. The van der Waals surface area contributed by atoms with E-state index in [-0.39, 0.29) is 0 Å². The molecule has 1 atom stereocenters. The fourth-order valence-electron chi connectivity index (χ4n) is 1.54. The summed E-state index contributed by atoms with van der Waals surface area (Å²) in [7, 11) is 0. The molecule has 108 valence electrons. The van der Waals surface area contributed by atoms with E-state index in [0.717, 1.165) is 23.9 Å². The fourth-order valence-corrected chi connectivity index (χ4v) is 2.32. The lowest BCUT2D eigenvalue weighted by molar-refractivity contribution is 0.0711. The van der Waals surface area contributed by atoms with Crippen LogP contribution in [-0.2, 0) is 5.60 Å². The Bertz CT molecular complexity index is 385. The van der Waals surface area contributed by atoms with Crippen LogP contribution in [0.2, 0.25) is 0 Å². The third-order valence-electron chi connectivity index (χ3n) is 2.62. The van der Waals surface area contributed by atoms with Crippen LogP contribution in [0, 0.1) is 5.92 Å². The van der Waals surface area contributed by atoms with Gasteiger partial charge in [0.05, 0.1) is 6.54 Å². The van der Waals surface area contributed by atoms with Crippen LogP contribution in [0.3, 0.4) is 0 Å². The van der Waals surface area contributed by atoms with Crippen molar-refractivity contribution in [3.63, 3.8) is 0 Å². The van der Waals surface area contributed by atoms with E-state index in [4.69, 9.17) is 0 Å². The summed E-state index contributed by atoms with van der Waals surface area (Å²) in [5.74, 6) is 1.31. The Morgan fingerprint density at radius 3 is 2.74 bits per heavy atom. The molecule has 19 heavy (non-hydrogen) atoms. The lowest BCUT2D eigenvalue weighted by Gasteiger charge is -2.21. The van der Waals surface area contributed by atoms with Gasteiger partial charge in [-0.15, -0.1) is 11.3 Å². The molecule has 0 bridgehead atoms. The maximum atomic E-state index is 10.4. The van der Waals surface area contributed by atoms with E-state index in [1.54, 1.807) is 18.3 Å². The van der Waals surface area contributed by atoms with Crippen molar-refractivity contribution < 1.29 is 5.11 Å². The molecule has 0 amide bonds. The van der Waals surface area contributed by atoms with Crippen molar-refractivity contribution in [3.05, 3.63) is 22.4 Å². The summed E-state index contributed by atoms with van der Waals surface area (Å²) < 4.78 is 0. The monoisotopic (exact) mass is 283 g/mol. The quantitative estimate of drug-likeness (QED) is 0.554. The van der Waals surface area contributed by atoms with Gasteiger partial charge < -0.3 is 15.7 Å². The molecule has 0 spiro atoms. The Balaban J connectivity index is 2.63. The number of guanidine groups is 1. The lowest BCUT2D eigenvalue weighted by Crippen LogP contribution is -2.40. The summed E-state index contributed by atoms with van der Waals surface area (Å²) in [6, 6.07) is 3.88. The van der Waals surface area contributed by atoms with Crippen LogP contribution in [0.5, 0.6) is 0 Å². The standard InChI is InChI=1S/C14H25N3OS/c1-5-15-13(16-9-11(2)3)17-10-14(4,18)12-7-6-8-19-12/h6-8,11,18H,5,9-10H2,1-4H3,(H2,15,16,17). The molecule has 0 aliphatic carbocycles. The number of thiophene rings is 1. The first-order chi connectivity index (χ1) is 8.95. The molecule has 1 heterocycles. The highest BCUT2D eigenvalue weighted by Gasteiger charge is 2.23. The van der Waals surface area contributed by atoms with E-state index < -0.39 is 5.60 Å². The molecule has 1 rings (SSSR count). The summed E-state index contributed by atoms with van der Waals surface area (Å²) in [6.07, 6.45) is 0. The van der Waals surface area contributed by atoms with Gasteiger partial charge in [0.2, 0.25) is 0 Å². The molecule has 0 radical (unpaired) electrons. The van der Waals surface area contributed by atoms with E-state index in [1.165, 1.54) is 0 Å². The van der Waals surface area contributed by atoms with Crippen molar-refractivity contribution in [1.29, 1.82) is 0 Å². The van der Waals surface area contributed by atoms with Crippen LogP contribution >= 0.6 is 11.3 Å². The SMILES string of the molecule is CCNC(=NCC(C)(O)c1cccs1)NCC(C)C. The second kappa shape index (κ2) is 7.50. The zero-order chi connectivity index (χ0) is 14.3. The van der Waals surface area contributed by atoms with Crippen molar-refractivity contribution >= 4 is 17.3 Å². The molecule has 0 saturated heterocycles. The van der Waals surface area contributed by atoms with Crippen molar-refractivity contribution in [1.82, 2.24) is 10.6 Å². The number of nitrogens with zero attached hydrogens (tertiary/aromatic N) is 1. The first-order valence-corrected chi connectivity index (χ1v) is 7.62. The third-order valence-corrected chi connectivity index (χ3v) is 3.74. The van der Waals surface area contributed by atoms with Gasteiger partial charge in [0.25, 0.3) is 0 Å². The Morgan fingerprint density at radius 2 is 2.21 bits per heavy atom. The normalized spacial score (nSPS) is 15.4. The van der Waals surface area contributed by atoms with Crippen molar-refractivity contribution in [2.75, 3.05) is 19.6 Å². The van der Waals surface area contributed by atoms with Gasteiger partial charge in [0, 0.05) is 18.0 Å². The second-order valence-electron chi connectivity index (χ2n) is 5.22. The van der Waals surface area contributed by atoms with Gasteiger partial charge in [-0.25, -0.2) is 4.99 Å². The zero-order valence-corrected chi connectivity index (χ0v) is 13.0. The molecule has 3 N–H and O–H groups in total. The van der Waals surface area contributed by atoms with Crippen LogP contribution in [-0.4, -0.2) is 30.7 Å². The highest BCUT2D eigenvalue weighted by Crippen LogP contribution is 2.25. The minimum Gasteiger partial charge on any atom is -0.383 e. The van der Waals surface area contributed by atoms with E-state index >= 15 is 0 Å². The van der Waals surface area contributed by atoms with Crippen LogP contribution in [0.25, 0.3) is 0 Å². The van der Waals surface area contributed by atoms with Crippen LogP contribution in [0.1, 0.15) is 32.6 Å². The van der Waals surface area contributed by atoms with E-state index in [0.29, 0.717) is 12.5 Å². The lowest BCUT2D eigenvalue weighted by atomic mass is 10.1. The number of aliphatic imine (C=N–C) groups is 1. The molecule has 0 aliphatic heterocycles. The molecular weight excluding hydrogens is 258 g/mol. The first-order valence-electron chi connectivity index (χ1n) is 6.74. The number of nitrogens with one attached hydrogen (secondary N) is 2. The molecule has 1 aromatic rings. The Hall–Kier alpha value is -1.07. The van der Waals surface area contributed by atoms with Crippen LogP contribution < -0.4 is 10.6 Å². The van der Waals surface area contributed by atoms with E-state index in [9.17, 15) is 5.11 Å². The van der Waals surface area contributed by atoms with Gasteiger partial charge >= 0.3 is 0 Å². The Labute approximate surface area is 120 Å². The predicted molar refractivity (Wildman–Crippen MR) is 82.7 cm³/mol. The highest BCUT2D eigenvalue weighted by molar-refractivity contribution is 7.10. The smallest absolute Gasteiger partial charge is 0.191 e. The summed E-state index contributed by atoms with van der Waals surface area (Å²) in [5, 5.41) is 18.8. The van der Waals surface area contributed by atoms with Gasteiger partial charge in [-0.2, -0.15) is 0 Å². The maximum Gasteiger partial charge on any atom is 0.191 e. The van der Waals surface area contributed by atoms with Crippen molar-refractivity contribution in [3.8, 4) is 0 Å². The van der Waals surface area contributed by atoms with Gasteiger partial charge in [-0.1, -0.05) is 19.9 Å². The highest BCUT2D eigenvalue weighted by atomic mass is 32.1.